The molecule has 3 nitrogen and oxygen atoms in total. The molecule has 1 rings (SSSR count). The first-order valence-electron chi connectivity index (χ1n) is 5.31. The third-order valence-corrected chi connectivity index (χ3v) is 2.81. The molecule has 0 amide bonds. The maximum atomic E-state index is 10.5. The van der Waals surface area contributed by atoms with Gasteiger partial charge in [0.1, 0.15) is 0 Å². The minimum atomic E-state index is -0.766. The molecular weight excluding hydrogens is 226 g/mol. The van der Waals surface area contributed by atoms with E-state index >= 15 is 0 Å². The number of rotatable bonds is 6. The van der Waals surface area contributed by atoms with Gasteiger partial charge >= 0.3 is 5.97 Å². The molecule has 0 spiro atoms. The molecule has 0 atom stereocenters. The van der Waals surface area contributed by atoms with Crippen LogP contribution in [0.3, 0.4) is 0 Å². The fraction of sp³-hybridized carbons (Fsp3) is 0.417. The lowest BCUT2D eigenvalue weighted by atomic mass is 10.2. The van der Waals surface area contributed by atoms with Gasteiger partial charge in [0.2, 0.25) is 0 Å². The van der Waals surface area contributed by atoms with E-state index in [1.165, 1.54) is 0 Å². The molecule has 1 aromatic carbocycles. The highest BCUT2D eigenvalue weighted by Crippen LogP contribution is 2.16. The van der Waals surface area contributed by atoms with Crippen LogP contribution in [-0.2, 0) is 11.3 Å². The zero-order valence-electron chi connectivity index (χ0n) is 9.32. The number of carbonyl (C=O) groups is 1. The Hall–Kier alpha value is -1.06. The molecule has 0 fully saturated rings. The molecule has 0 aliphatic heterocycles. The second kappa shape index (κ2) is 6.51. The number of hydrogen-bond acceptors (Lipinski definition) is 2. The van der Waals surface area contributed by atoms with Gasteiger partial charge in [-0.05, 0) is 18.2 Å². The third-order valence-electron chi connectivity index (χ3n) is 2.44. The molecule has 1 N–H and O–H groups in total. The molecule has 0 bridgehead atoms. The summed E-state index contributed by atoms with van der Waals surface area (Å²) in [5.41, 5.74) is 1.04. The lowest BCUT2D eigenvalue weighted by Crippen LogP contribution is -2.25. The van der Waals surface area contributed by atoms with Gasteiger partial charge in [0.25, 0.3) is 0 Å². The Kier molecular flexibility index (Phi) is 5.29. The van der Waals surface area contributed by atoms with Crippen LogP contribution in [0.4, 0.5) is 0 Å². The first kappa shape index (κ1) is 13.0. The van der Waals surface area contributed by atoms with Gasteiger partial charge < -0.3 is 5.11 Å². The Morgan fingerprint density at radius 3 is 2.69 bits per heavy atom. The monoisotopic (exact) mass is 241 g/mol. The van der Waals surface area contributed by atoms with Crippen molar-refractivity contribution >= 4 is 17.6 Å². The number of halogens is 1. The highest BCUT2D eigenvalue weighted by atomic mass is 35.5. The molecule has 1 aromatic rings. The topological polar surface area (TPSA) is 40.5 Å². The van der Waals surface area contributed by atoms with Crippen molar-refractivity contribution in [2.24, 2.45) is 0 Å². The molecule has 0 aliphatic carbocycles. The summed E-state index contributed by atoms with van der Waals surface area (Å²) in [6, 6.07) is 7.64. The van der Waals surface area contributed by atoms with E-state index in [-0.39, 0.29) is 6.42 Å². The Morgan fingerprint density at radius 2 is 2.12 bits per heavy atom. The largest absolute Gasteiger partial charge is 0.481 e. The maximum Gasteiger partial charge on any atom is 0.304 e. The Morgan fingerprint density at radius 1 is 1.44 bits per heavy atom. The van der Waals surface area contributed by atoms with Gasteiger partial charge in [0, 0.05) is 18.1 Å². The van der Waals surface area contributed by atoms with Crippen LogP contribution in [0.5, 0.6) is 0 Å². The Balaban J connectivity index is 2.56. The van der Waals surface area contributed by atoms with E-state index in [9.17, 15) is 4.79 Å². The van der Waals surface area contributed by atoms with Crippen LogP contribution in [0.25, 0.3) is 0 Å². The maximum absolute atomic E-state index is 10.5. The average Bonchev–Trinajstić information content (AvgIpc) is 2.26. The number of aliphatic carboxylic acids is 1. The summed E-state index contributed by atoms with van der Waals surface area (Å²) in [7, 11) is 0. The van der Waals surface area contributed by atoms with Crippen molar-refractivity contribution in [2.45, 2.75) is 19.9 Å². The molecule has 0 saturated carbocycles. The lowest BCUT2D eigenvalue weighted by Gasteiger charge is -2.19. The van der Waals surface area contributed by atoms with E-state index in [4.69, 9.17) is 16.7 Å². The van der Waals surface area contributed by atoms with Crippen molar-refractivity contribution in [1.82, 2.24) is 4.90 Å². The van der Waals surface area contributed by atoms with Gasteiger partial charge in [-0.25, -0.2) is 0 Å². The van der Waals surface area contributed by atoms with Gasteiger partial charge in [-0.1, -0.05) is 36.7 Å². The molecule has 0 heterocycles. The Labute approximate surface area is 101 Å². The molecule has 0 unspecified atom stereocenters. The molecule has 0 aromatic heterocycles. The minimum Gasteiger partial charge on any atom is -0.481 e. The predicted octanol–water partition coefficient (Wildman–Crippen LogP) is 2.64. The van der Waals surface area contributed by atoms with E-state index in [1.807, 2.05) is 31.2 Å². The highest BCUT2D eigenvalue weighted by Gasteiger charge is 2.08. The van der Waals surface area contributed by atoms with Crippen LogP contribution >= 0.6 is 11.6 Å². The second-order valence-corrected chi connectivity index (χ2v) is 4.01. The van der Waals surface area contributed by atoms with E-state index < -0.39 is 5.97 Å². The van der Waals surface area contributed by atoms with E-state index in [2.05, 4.69) is 4.90 Å². The van der Waals surface area contributed by atoms with E-state index in [0.29, 0.717) is 13.1 Å². The molecule has 16 heavy (non-hydrogen) atoms. The SMILES string of the molecule is CCN(CCC(=O)O)Cc1ccccc1Cl. The van der Waals surface area contributed by atoms with Crippen molar-refractivity contribution in [3.8, 4) is 0 Å². The number of carboxylic acids is 1. The van der Waals surface area contributed by atoms with Crippen LogP contribution in [0.1, 0.15) is 18.9 Å². The van der Waals surface area contributed by atoms with Crippen molar-refractivity contribution in [1.29, 1.82) is 0 Å². The van der Waals surface area contributed by atoms with Crippen molar-refractivity contribution in [3.63, 3.8) is 0 Å². The lowest BCUT2D eigenvalue weighted by molar-refractivity contribution is -0.137. The predicted molar refractivity (Wildman–Crippen MR) is 64.7 cm³/mol. The number of benzene rings is 1. The van der Waals surface area contributed by atoms with Gasteiger partial charge in [-0.3, -0.25) is 9.69 Å². The van der Waals surface area contributed by atoms with Crippen molar-refractivity contribution < 1.29 is 9.90 Å². The average molecular weight is 242 g/mol. The molecular formula is C12H16ClNO2. The third kappa shape index (κ3) is 4.21. The standard InChI is InChI=1S/C12H16ClNO2/c1-2-14(8-7-12(15)16)9-10-5-3-4-6-11(10)13/h3-6H,2,7-9H2,1H3,(H,15,16). The first-order valence-corrected chi connectivity index (χ1v) is 5.68. The Bertz CT molecular complexity index is 355. The zero-order chi connectivity index (χ0) is 12.0. The van der Waals surface area contributed by atoms with Crippen LogP contribution in [0.2, 0.25) is 5.02 Å². The smallest absolute Gasteiger partial charge is 0.304 e. The number of nitrogens with zero attached hydrogens (tertiary/aromatic N) is 1. The van der Waals surface area contributed by atoms with Gasteiger partial charge in [0.15, 0.2) is 0 Å². The molecule has 0 saturated heterocycles. The van der Waals surface area contributed by atoms with Crippen LogP contribution < -0.4 is 0 Å². The summed E-state index contributed by atoms with van der Waals surface area (Å²) in [5, 5.41) is 9.36. The normalized spacial score (nSPS) is 10.7. The quantitative estimate of drug-likeness (QED) is 0.833. The molecule has 0 radical (unpaired) electrons. The van der Waals surface area contributed by atoms with Crippen LogP contribution in [0, 0.1) is 0 Å². The fourth-order valence-electron chi connectivity index (χ4n) is 1.47. The van der Waals surface area contributed by atoms with Crippen molar-refractivity contribution in [3.05, 3.63) is 34.9 Å². The summed E-state index contributed by atoms with van der Waals surface area (Å²) < 4.78 is 0. The number of carboxylic acid groups (broad SMARTS) is 1. The van der Waals surface area contributed by atoms with Gasteiger partial charge in [-0.2, -0.15) is 0 Å². The molecule has 4 heteroatoms. The zero-order valence-corrected chi connectivity index (χ0v) is 10.1. The van der Waals surface area contributed by atoms with E-state index in [1.54, 1.807) is 0 Å². The van der Waals surface area contributed by atoms with Gasteiger partial charge in [-0.15, -0.1) is 0 Å². The molecule has 0 aliphatic rings. The summed E-state index contributed by atoms with van der Waals surface area (Å²) >= 11 is 6.05. The van der Waals surface area contributed by atoms with Crippen molar-refractivity contribution in [2.75, 3.05) is 13.1 Å². The van der Waals surface area contributed by atoms with Crippen LogP contribution in [0.15, 0.2) is 24.3 Å². The summed E-state index contributed by atoms with van der Waals surface area (Å²) in [6.07, 6.45) is 0.165. The van der Waals surface area contributed by atoms with Gasteiger partial charge in [0.05, 0.1) is 6.42 Å². The summed E-state index contributed by atoms with van der Waals surface area (Å²) in [5.74, 6) is -0.766. The van der Waals surface area contributed by atoms with E-state index in [0.717, 1.165) is 17.1 Å². The van der Waals surface area contributed by atoms with Crippen LogP contribution in [-0.4, -0.2) is 29.1 Å². The summed E-state index contributed by atoms with van der Waals surface area (Å²) in [6.45, 7) is 4.08. The fourth-order valence-corrected chi connectivity index (χ4v) is 1.67. The highest BCUT2D eigenvalue weighted by molar-refractivity contribution is 6.31. The summed E-state index contributed by atoms with van der Waals surface area (Å²) in [4.78, 5) is 12.6. The number of hydrogen-bond donors (Lipinski definition) is 1. The second-order valence-electron chi connectivity index (χ2n) is 3.60. The minimum absolute atomic E-state index is 0.165. The first-order chi connectivity index (χ1) is 7.63. The molecule has 88 valence electrons.